The molecule has 2 rings (SSSR count). The average Bonchev–Trinajstić information content (AvgIpc) is 2.39. The van der Waals surface area contributed by atoms with Crippen molar-refractivity contribution >= 4 is 23.4 Å². The first-order valence-electron chi connectivity index (χ1n) is 5.36. The fraction of sp³-hybridized carbons (Fsp3) is 0.500. The van der Waals surface area contributed by atoms with Crippen LogP contribution in [0.4, 0.5) is 5.82 Å². The fourth-order valence-electron chi connectivity index (χ4n) is 1.72. The highest BCUT2D eigenvalue weighted by molar-refractivity contribution is 7.99. The molecule has 1 saturated heterocycles. The summed E-state index contributed by atoms with van der Waals surface area (Å²) in [5, 5.41) is 11.4. The molecule has 0 spiro atoms. The standard InChI is InChI=1S/C10H15N5OS/c1-7-6-17-3-2-15(7)9-5-12-8(4-13-9)10(11)14-16/h4-5,7,16H,2-3,6H2,1H3,(H2,11,14). The molecule has 17 heavy (non-hydrogen) atoms. The molecule has 7 heteroatoms. The van der Waals surface area contributed by atoms with E-state index in [0.717, 1.165) is 23.9 Å². The van der Waals surface area contributed by atoms with Crippen LogP contribution in [0.3, 0.4) is 0 Å². The highest BCUT2D eigenvalue weighted by Gasteiger charge is 2.20. The van der Waals surface area contributed by atoms with E-state index in [1.807, 2.05) is 11.8 Å². The summed E-state index contributed by atoms with van der Waals surface area (Å²) in [7, 11) is 0. The van der Waals surface area contributed by atoms with Crippen LogP contribution in [0.2, 0.25) is 0 Å². The largest absolute Gasteiger partial charge is 0.409 e. The zero-order valence-corrected chi connectivity index (χ0v) is 10.4. The number of anilines is 1. The normalized spacial score (nSPS) is 21.6. The van der Waals surface area contributed by atoms with Gasteiger partial charge in [0.05, 0.1) is 12.4 Å². The highest BCUT2D eigenvalue weighted by Crippen LogP contribution is 2.21. The van der Waals surface area contributed by atoms with E-state index in [0.29, 0.717) is 11.7 Å². The minimum atomic E-state index is -0.0219. The number of thioether (sulfide) groups is 1. The van der Waals surface area contributed by atoms with Crippen LogP contribution in [0.25, 0.3) is 0 Å². The molecule has 3 N–H and O–H groups in total. The molecule has 1 aromatic heterocycles. The first kappa shape index (κ1) is 12.0. The lowest BCUT2D eigenvalue weighted by atomic mass is 10.3. The molecule has 1 aromatic rings. The Balaban J connectivity index is 2.17. The van der Waals surface area contributed by atoms with Crippen molar-refractivity contribution in [2.75, 3.05) is 23.0 Å². The van der Waals surface area contributed by atoms with Gasteiger partial charge in [0.2, 0.25) is 0 Å². The van der Waals surface area contributed by atoms with Gasteiger partial charge >= 0.3 is 0 Å². The van der Waals surface area contributed by atoms with Crippen LogP contribution in [-0.4, -0.2) is 45.1 Å². The van der Waals surface area contributed by atoms with Crippen molar-refractivity contribution in [2.45, 2.75) is 13.0 Å². The van der Waals surface area contributed by atoms with Gasteiger partial charge in [0.25, 0.3) is 0 Å². The lowest BCUT2D eigenvalue weighted by molar-refractivity contribution is 0.318. The van der Waals surface area contributed by atoms with E-state index in [4.69, 9.17) is 10.9 Å². The summed E-state index contributed by atoms with van der Waals surface area (Å²) in [4.78, 5) is 10.7. The van der Waals surface area contributed by atoms with Gasteiger partial charge in [0.1, 0.15) is 11.5 Å². The van der Waals surface area contributed by atoms with E-state index in [-0.39, 0.29) is 5.84 Å². The maximum absolute atomic E-state index is 8.53. The number of rotatable bonds is 2. The van der Waals surface area contributed by atoms with Gasteiger partial charge in [-0.05, 0) is 6.92 Å². The van der Waals surface area contributed by atoms with Crippen molar-refractivity contribution < 1.29 is 5.21 Å². The third-order valence-electron chi connectivity index (χ3n) is 2.67. The molecule has 0 amide bonds. The molecule has 1 aliphatic heterocycles. The summed E-state index contributed by atoms with van der Waals surface area (Å²) < 4.78 is 0. The molecule has 0 aromatic carbocycles. The maximum Gasteiger partial charge on any atom is 0.190 e. The quantitative estimate of drug-likeness (QED) is 0.346. The summed E-state index contributed by atoms with van der Waals surface area (Å²) in [5.41, 5.74) is 5.82. The van der Waals surface area contributed by atoms with E-state index in [1.165, 1.54) is 6.20 Å². The van der Waals surface area contributed by atoms with Gasteiger partial charge in [-0.2, -0.15) is 11.8 Å². The Labute approximate surface area is 104 Å². The van der Waals surface area contributed by atoms with Gasteiger partial charge in [-0.1, -0.05) is 5.16 Å². The number of hydrogen-bond donors (Lipinski definition) is 2. The van der Waals surface area contributed by atoms with Gasteiger partial charge in [-0.15, -0.1) is 0 Å². The zero-order valence-electron chi connectivity index (χ0n) is 9.58. The van der Waals surface area contributed by atoms with E-state index in [1.54, 1.807) is 6.20 Å². The molecule has 0 saturated carbocycles. The number of nitrogens with two attached hydrogens (primary N) is 1. The molecule has 2 heterocycles. The second-order valence-corrected chi connectivity index (χ2v) is 5.01. The molecular formula is C10H15N5OS. The number of oxime groups is 1. The molecule has 1 aliphatic rings. The monoisotopic (exact) mass is 253 g/mol. The zero-order chi connectivity index (χ0) is 12.3. The molecule has 92 valence electrons. The summed E-state index contributed by atoms with van der Waals surface area (Å²) in [6.07, 6.45) is 3.19. The van der Waals surface area contributed by atoms with Crippen LogP contribution in [0.1, 0.15) is 12.6 Å². The van der Waals surface area contributed by atoms with Crippen molar-refractivity contribution in [3.05, 3.63) is 18.1 Å². The van der Waals surface area contributed by atoms with Crippen LogP contribution in [-0.2, 0) is 0 Å². The van der Waals surface area contributed by atoms with Gasteiger partial charge in [-0.3, -0.25) is 0 Å². The van der Waals surface area contributed by atoms with Crippen LogP contribution in [0.5, 0.6) is 0 Å². The molecule has 6 nitrogen and oxygen atoms in total. The van der Waals surface area contributed by atoms with Crippen molar-refractivity contribution in [1.82, 2.24) is 9.97 Å². The Morgan fingerprint density at radius 2 is 2.41 bits per heavy atom. The third-order valence-corrected chi connectivity index (χ3v) is 3.86. The highest BCUT2D eigenvalue weighted by atomic mass is 32.2. The van der Waals surface area contributed by atoms with Gasteiger partial charge in [0.15, 0.2) is 5.84 Å². The lowest BCUT2D eigenvalue weighted by Crippen LogP contribution is -2.41. The third kappa shape index (κ3) is 2.60. The number of nitrogens with zero attached hydrogens (tertiary/aromatic N) is 4. The molecule has 0 aliphatic carbocycles. The second-order valence-electron chi connectivity index (χ2n) is 3.86. The Kier molecular flexibility index (Phi) is 3.68. The summed E-state index contributed by atoms with van der Waals surface area (Å²) >= 11 is 1.95. The number of hydrogen-bond acceptors (Lipinski definition) is 6. The topological polar surface area (TPSA) is 87.6 Å². The minimum absolute atomic E-state index is 0.0219. The molecule has 1 unspecified atom stereocenters. The number of amidine groups is 1. The SMILES string of the molecule is CC1CSCCN1c1cnc(C(N)=NO)cn1. The Morgan fingerprint density at radius 1 is 1.59 bits per heavy atom. The van der Waals surface area contributed by atoms with Crippen LogP contribution < -0.4 is 10.6 Å². The molecule has 1 fully saturated rings. The Hall–Kier alpha value is -1.50. The van der Waals surface area contributed by atoms with E-state index in [9.17, 15) is 0 Å². The van der Waals surface area contributed by atoms with E-state index >= 15 is 0 Å². The van der Waals surface area contributed by atoms with Crippen molar-refractivity contribution in [2.24, 2.45) is 10.9 Å². The molecule has 0 bridgehead atoms. The first-order chi connectivity index (χ1) is 8.22. The van der Waals surface area contributed by atoms with Crippen molar-refractivity contribution in [3.63, 3.8) is 0 Å². The van der Waals surface area contributed by atoms with Crippen LogP contribution in [0, 0.1) is 0 Å². The Morgan fingerprint density at radius 3 is 3.00 bits per heavy atom. The smallest absolute Gasteiger partial charge is 0.190 e. The van der Waals surface area contributed by atoms with Gasteiger partial charge in [0, 0.05) is 24.1 Å². The lowest BCUT2D eigenvalue weighted by Gasteiger charge is -2.33. The first-order valence-corrected chi connectivity index (χ1v) is 6.52. The van der Waals surface area contributed by atoms with Crippen LogP contribution >= 0.6 is 11.8 Å². The van der Waals surface area contributed by atoms with Gasteiger partial charge < -0.3 is 15.8 Å². The van der Waals surface area contributed by atoms with Gasteiger partial charge in [-0.25, -0.2) is 9.97 Å². The van der Waals surface area contributed by atoms with Crippen LogP contribution in [0.15, 0.2) is 17.5 Å². The summed E-state index contributed by atoms with van der Waals surface area (Å²) in [6.45, 7) is 3.15. The summed E-state index contributed by atoms with van der Waals surface area (Å²) in [6, 6.07) is 0.456. The number of aromatic nitrogens is 2. The minimum Gasteiger partial charge on any atom is -0.409 e. The van der Waals surface area contributed by atoms with Crippen molar-refractivity contribution in [3.8, 4) is 0 Å². The molecule has 0 radical (unpaired) electrons. The Bertz CT molecular complexity index is 408. The predicted octanol–water partition coefficient (Wildman–Crippen LogP) is 0.513. The van der Waals surface area contributed by atoms with E-state index < -0.39 is 0 Å². The van der Waals surface area contributed by atoms with Crippen molar-refractivity contribution in [1.29, 1.82) is 0 Å². The second kappa shape index (κ2) is 5.22. The molecular weight excluding hydrogens is 238 g/mol. The molecule has 1 atom stereocenters. The average molecular weight is 253 g/mol. The predicted molar refractivity (Wildman–Crippen MR) is 68.7 cm³/mol. The summed E-state index contributed by atoms with van der Waals surface area (Å²) in [5.74, 6) is 3.02. The van der Waals surface area contributed by atoms with E-state index in [2.05, 4.69) is 26.9 Å². The fourth-order valence-corrected chi connectivity index (χ4v) is 2.73. The maximum atomic E-state index is 8.53.